The summed E-state index contributed by atoms with van der Waals surface area (Å²) in [4.78, 5) is 22.8. The van der Waals surface area contributed by atoms with Gasteiger partial charge in [-0.2, -0.15) is 0 Å². The van der Waals surface area contributed by atoms with Crippen LogP contribution in [-0.2, 0) is 9.53 Å². The molecule has 1 atom stereocenters. The molecule has 1 N–H and O–H groups in total. The molecule has 0 aliphatic rings. The van der Waals surface area contributed by atoms with E-state index in [-0.39, 0.29) is 5.91 Å². The van der Waals surface area contributed by atoms with Crippen LogP contribution in [0.2, 0.25) is 0 Å². The van der Waals surface area contributed by atoms with Crippen LogP contribution in [-0.4, -0.2) is 25.0 Å². The second-order valence-corrected chi connectivity index (χ2v) is 3.58. The standard InChI is InChI=1S/C12H15NO3/c1-8-4-6-10(7-5-8)11(14)13-9(2)12(15)16-3/h4-7,9H,1-3H3,(H,13,14). The molecule has 0 radical (unpaired) electrons. The fraction of sp³-hybridized carbons (Fsp3) is 0.333. The quantitative estimate of drug-likeness (QED) is 0.782. The fourth-order valence-corrected chi connectivity index (χ4v) is 1.22. The lowest BCUT2D eigenvalue weighted by molar-refractivity contribution is -0.142. The number of hydrogen-bond acceptors (Lipinski definition) is 3. The highest BCUT2D eigenvalue weighted by molar-refractivity contribution is 5.96. The van der Waals surface area contributed by atoms with Gasteiger partial charge < -0.3 is 10.1 Å². The Balaban J connectivity index is 2.65. The van der Waals surface area contributed by atoms with E-state index >= 15 is 0 Å². The summed E-state index contributed by atoms with van der Waals surface area (Å²) in [6, 6.07) is 6.48. The molecular formula is C12H15NO3. The van der Waals surface area contributed by atoms with Crippen molar-refractivity contribution in [3.05, 3.63) is 35.4 Å². The topological polar surface area (TPSA) is 55.4 Å². The lowest BCUT2D eigenvalue weighted by Crippen LogP contribution is -2.39. The minimum atomic E-state index is -0.640. The highest BCUT2D eigenvalue weighted by atomic mass is 16.5. The average Bonchev–Trinajstić information content (AvgIpc) is 2.28. The monoisotopic (exact) mass is 221 g/mol. The maximum absolute atomic E-state index is 11.7. The molecule has 0 heterocycles. The molecule has 0 aliphatic heterocycles. The van der Waals surface area contributed by atoms with Gasteiger partial charge in [0.15, 0.2) is 0 Å². The average molecular weight is 221 g/mol. The van der Waals surface area contributed by atoms with E-state index in [4.69, 9.17) is 0 Å². The number of benzene rings is 1. The van der Waals surface area contributed by atoms with Crippen LogP contribution in [0.15, 0.2) is 24.3 Å². The van der Waals surface area contributed by atoms with Crippen molar-refractivity contribution in [1.29, 1.82) is 0 Å². The summed E-state index contributed by atoms with van der Waals surface area (Å²) in [5.41, 5.74) is 1.61. The second kappa shape index (κ2) is 5.30. The van der Waals surface area contributed by atoms with Gasteiger partial charge in [0, 0.05) is 5.56 Å². The molecular weight excluding hydrogens is 206 g/mol. The van der Waals surface area contributed by atoms with E-state index in [0.29, 0.717) is 5.56 Å². The lowest BCUT2D eigenvalue weighted by atomic mass is 10.1. The summed E-state index contributed by atoms with van der Waals surface area (Å²) in [5, 5.41) is 2.55. The molecule has 1 unspecified atom stereocenters. The van der Waals surface area contributed by atoms with Gasteiger partial charge in [0.2, 0.25) is 0 Å². The molecule has 16 heavy (non-hydrogen) atoms. The summed E-state index contributed by atoms with van der Waals surface area (Å²) in [7, 11) is 1.29. The summed E-state index contributed by atoms with van der Waals surface area (Å²) < 4.78 is 4.51. The van der Waals surface area contributed by atoms with E-state index in [1.165, 1.54) is 7.11 Å². The maximum Gasteiger partial charge on any atom is 0.328 e. The minimum absolute atomic E-state index is 0.280. The molecule has 0 spiro atoms. The Morgan fingerprint density at radius 3 is 2.31 bits per heavy atom. The summed E-state index contributed by atoms with van der Waals surface area (Å²) in [6.45, 7) is 3.52. The van der Waals surface area contributed by atoms with Gasteiger partial charge in [-0.3, -0.25) is 4.79 Å². The van der Waals surface area contributed by atoms with Crippen LogP contribution in [0, 0.1) is 6.92 Å². The first-order valence-corrected chi connectivity index (χ1v) is 5.00. The Hall–Kier alpha value is -1.84. The Kier molecular flexibility index (Phi) is 4.05. The van der Waals surface area contributed by atoms with Crippen molar-refractivity contribution in [3.8, 4) is 0 Å². The number of carbonyl (C=O) groups is 2. The minimum Gasteiger partial charge on any atom is -0.467 e. The SMILES string of the molecule is COC(=O)C(C)NC(=O)c1ccc(C)cc1. The van der Waals surface area contributed by atoms with Crippen molar-refractivity contribution in [3.63, 3.8) is 0 Å². The highest BCUT2D eigenvalue weighted by Gasteiger charge is 2.16. The van der Waals surface area contributed by atoms with E-state index in [1.807, 2.05) is 19.1 Å². The first-order chi connectivity index (χ1) is 7.54. The van der Waals surface area contributed by atoms with Gasteiger partial charge in [-0.1, -0.05) is 17.7 Å². The molecule has 0 saturated heterocycles. The smallest absolute Gasteiger partial charge is 0.328 e. The van der Waals surface area contributed by atoms with Crippen LogP contribution >= 0.6 is 0 Å². The van der Waals surface area contributed by atoms with Crippen LogP contribution < -0.4 is 5.32 Å². The van der Waals surface area contributed by atoms with Gasteiger partial charge in [0.25, 0.3) is 5.91 Å². The fourth-order valence-electron chi connectivity index (χ4n) is 1.22. The Morgan fingerprint density at radius 2 is 1.81 bits per heavy atom. The summed E-state index contributed by atoms with van der Waals surface area (Å²) in [6.07, 6.45) is 0. The number of carbonyl (C=O) groups excluding carboxylic acids is 2. The number of rotatable bonds is 3. The number of methoxy groups -OCH3 is 1. The van der Waals surface area contributed by atoms with E-state index in [1.54, 1.807) is 19.1 Å². The third kappa shape index (κ3) is 3.08. The number of esters is 1. The van der Waals surface area contributed by atoms with Crippen molar-refractivity contribution in [2.24, 2.45) is 0 Å². The zero-order chi connectivity index (χ0) is 12.1. The molecule has 4 nitrogen and oxygen atoms in total. The molecule has 0 fully saturated rings. The zero-order valence-corrected chi connectivity index (χ0v) is 9.61. The van der Waals surface area contributed by atoms with Gasteiger partial charge >= 0.3 is 5.97 Å². The Morgan fingerprint density at radius 1 is 1.25 bits per heavy atom. The number of ether oxygens (including phenoxy) is 1. The van der Waals surface area contributed by atoms with Crippen molar-refractivity contribution in [2.45, 2.75) is 19.9 Å². The normalized spacial score (nSPS) is 11.7. The predicted octanol–water partition coefficient (Wildman–Crippen LogP) is 1.29. The molecule has 0 saturated carbocycles. The molecule has 0 bridgehead atoms. The number of amides is 1. The van der Waals surface area contributed by atoms with Crippen LogP contribution in [0.5, 0.6) is 0 Å². The Bertz CT molecular complexity index is 384. The predicted molar refractivity (Wildman–Crippen MR) is 60.1 cm³/mol. The molecule has 1 amide bonds. The number of nitrogens with one attached hydrogen (secondary N) is 1. The molecule has 1 rings (SSSR count). The van der Waals surface area contributed by atoms with Gasteiger partial charge in [-0.25, -0.2) is 4.79 Å². The van der Waals surface area contributed by atoms with Crippen molar-refractivity contribution in [2.75, 3.05) is 7.11 Å². The van der Waals surface area contributed by atoms with Crippen LogP contribution in [0.3, 0.4) is 0 Å². The summed E-state index contributed by atoms with van der Waals surface area (Å²) >= 11 is 0. The van der Waals surface area contributed by atoms with Crippen molar-refractivity contribution < 1.29 is 14.3 Å². The molecule has 1 aromatic rings. The number of aryl methyl sites for hydroxylation is 1. The molecule has 0 aromatic heterocycles. The van der Waals surface area contributed by atoms with E-state index in [0.717, 1.165) is 5.56 Å². The first-order valence-electron chi connectivity index (χ1n) is 5.00. The Labute approximate surface area is 94.6 Å². The maximum atomic E-state index is 11.7. The molecule has 0 aliphatic carbocycles. The van der Waals surface area contributed by atoms with Crippen LogP contribution in [0.1, 0.15) is 22.8 Å². The van der Waals surface area contributed by atoms with Gasteiger partial charge in [0.05, 0.1) is 7.11 Å². The molecule has 4 heteroatoms. The van der Waals surface area contributed by atoms with Gasteiger partial charge in [-0.15, -0.1) is 0 Å². The summed E-state index contributed by atoms with van der Waals surface area (Å²) in [5.74, 6) is -0.738. The van der Waals surface area contributed by atoms with Crippen molar-refractivity contribution in [1.82, 2.24) is 5.32 Å². The molecule has 1 aromatic carbocycles. The molecule has 86 valence electrons. The van der Waals surface area contributed by atoms with Crippen LogP contribution in [0.25, 0.3) is 0 Å². The zero-order valence-electron chi connectivity index (χ0n) is 9.61. The number of hydrogen-bond donors (Lipinski definition) is 1. The van der Waals surface area contributed by atoms with Gasteiger partial charge in [-0.05, 0) is 26.0 Å². The van der Waals surface area contributed by atoms with E-state index in [2.05, 4.69) is 10.1 Å². The third-order valence-electron chi connectivity index (χ3n) is 2.22. The van der Waals surface area contributed by atoms with Crippen LogP contribution in [0.4, 0.5) is 0 Å². The van der Waals surface area contributed by atoms with Gasteiger partial charge in [0.1, 0.15) is 6.04 Å². The van der Waals surface area contributed by atoms with Crippen molar-refractivity contribution >= 4 is 11.9 Å². The third-order valence-corrected chi connectivity index (χ3v) is 2.22. The lowest BCUT2D eigenvalue weighted by Gasteiger charge is -2.11. The highest BCUT2D eigenvalue weighted by Crippen LogP contribution is 2.03. The second-order valence-electron chi connectivity index (χ2n) is 3.58. The first kappa shape index (κ1) is 12.2. The largest absolute Gasteiger partial charge is 0.467 e. The van der Waals surface area contributed by atoms with E-state index in [9.17, 15) is 9.59 Å². The van der Waals surface area contributed by atoms with E-state index < -0.39 is 12.0 Å².